The fourth-order valence-electron chi connectivity index (χ4n) is 3.86. The first-order valence-corrected chi connectivity index (χ1v) is 10.7. The lowest BCUT2D eigenvalue weighted by Crippen LogP contribution is -2.53. The van der Waals surface area contributed by atoms with Crippen molar-refractivity contribution >= 4 is 11.7 Å². The third kappa shape index (κ3) is 5.57. The number of rotatable bonds is 7. The van der Waals surface area contributed by atoms with E-state index in [0.717, 1.165) is 39.1 Å². The highest BCUT2D eigenvalue weighted by atomic mass is 16.2. The van der Waals surface area contributed by atoms with Crippen molar-refractivity contribution in [2.75, 3.05) is 31.5 Å². The van der Waals surface area contributed by atoms with Gasteiger partial charge in [0.1, 0.15) is 5.82 Å². The largest absolute Gasteiger partial charge is 0.369 e. The summed E-state index contributed by atoms with van der Waals surface area (Å²) in [5.74, 6) is 1.40. The van der Waals surface area contributed by atoms with Crippen LogP contribution in [-0.4, -0.2) is 52.9 Å². The number of pyridine rings is 1. The Labute approximate surface area is 175 Å². The molecule has 1 fully saturated rings. The molecule has 29 heavy (non-hydrogen) atoms. The van der Waals surface area contributed by atoms with Crippen molar-refractivity contribution in [3.8, 4) is 0 Å². The van der Waals surface area contributed by atoms with Crippen LogP contribution < -0.4 is 5.32 Å². The van der Waals surface area contributed by atoms with Crippen LogP contribution in [0.2, 0.25) is 0 Å². The molecule has 1 atom stereocenters. The molecule has 0 saturated carbocycles. The van der Waals surface area contributed by atoms with E-state index in [1.54, 1.807) is 6.20 Å². The molecule has 0 spiro atoms. The Morgan fingerprint density at radius 3 is 2.72 bits per heavy atom. The highest BCUT2D eigenvalue weighted by Gasteiger charge is 2.29. The van der Waals surface area contributed by atoms with Gasteiger partial charge in [0.05, 0.1) is 5.56 Å². The van der Waals surface area contributed by atoms with Crippen molar-refractivity contribution in [2.45, 2.75) is 46.7 Å². The molecular weight excluding hydrogens is 360 g/mol. The van der Waals surface area contributed by atoms with E-state index in [2.05, 4.69) is 67.2 Å². The molecule has 1 aromatic heterocycles. The molecule has 1 aliphatic rings. The quantitative estimate of drug-likeness (QED) is 0.765. The van der Waals surface area contributed by atoms with Crippen molar-refractivity contribution in [1.82, 2.24) is 14.8 Å². The number of hydrogen-bond donors (Lipinski definition) is 1. The summed E-state index contributed by atoms with van der Waals surface area (Å²) in [6.45, 7) is 13.0. The zero-order chi connectivity index (χ0) is 20.8. The molecule has 1 aliphatic heterocycles. The zero-order valence-electron chi connectivity index (χ0n) is 18.2. The van der Waals surface area contributed by atoms with E-state index in [1.807, 2.05) is 17.0 Å². The number of benzene rings is 1. The van der Waals surface area contributed by atoms with E-state index in [4.69, 9.17) is 0 Å². The number of piperazine rings is 1. The lowest BCUT2D eigenvalue weighted by molar-refractivity contribution is 0.0475. The van der Waals surface area contributed by atoms with Crippen LogP contribution >= 0.6 is 0 Å². The first-order valence-electron chi connectivity index (χ1n) is 10.7. The van der Waals surface area contributed by atoms with Gasteiger partial charge in [-0.05, 0) is 49.4 Å². The average Bonchev–Trinajstić information content (AvgIpc) is 2.69. The Balaban J connectivity index is 1.63. The molecule has 0 radical (unpaired) electrons. The fraction of sp³-hybridized carbons (Fsp3) is 0.500. The predicted molar refractivity (Wildman–Crippen MR) is 119 cm³/mol. The topological polar surface area (TPSA) is 48.5 Å². The SMILES string of the molecule is Cc1ccccc1CN1CCN(C(=O)c2cccnc2NCCC(C)C)[C@@H](C)C1. The van der Waals surface area contributed by atoms with Gasteiger partial charge in [0.15, 0.2) is 0 Å². The van der Waals surface area contributed by atoms with E-state index < -0.39 is 0 Å². The average molecular weight is 395 g/mol. The Morgan fingerprint density at radius 1 is 1.21 bits per heavy atom. The second-order valence-electron chi connectivity index (χ2n) is 8.52. The van der Waals surface area contributed by atoms with Crippen LogP contribution in [0.1, 0.15) is 48.7 Å². The number of anilines is 1. The fourth-order valence-corrected chi connectivity index (χ4v) is 3.86. The molecule has 0 aliphatic carbocycles. The highest BCUT2D eigenvalue weighted by Crippen LogP contribution is 2.20. The maximum Gasteiger partial charge on any atom is 0.257 e. The molecule has 1 aromatic carbocycles. The molecule has 2 heterocycles. The van der Waals surface area contributed by atoms with Gasteiger partial charge in [-0.25, -0.2) is 4.98 Å². The minimum absolute atomic E-state index is 0.0770. The molecule has 2 aromatic rings. The van der Waals surface area contributed by atoms with Crippen LogP contribution in [0.15, 0.2) is 42.6 Å². The first kappa shape index (κ1) is 21.3. The molecule has 1 N–H and O–H groups in total. The molecule has 3 rings (SSSR count). The molecule has 5 heteroatoms. The van der Waals surface area contributed by atoms with Gasteiger partial charge < -0.3 is 10.2 Å². The van der Waals surface area contributed by atoms with E-state index in [9.17, 15) is 4.79 Å². The number of nitrogens with zero attached hydrogens (tertiary/aromatic N) is 3. The van der Waals surface area contributed by atoms with Crippen LogP contribution in [0.5, 0.6) is 0 Å². The van der Waals surface area contributed by atoms with Gasteiger partial charge in [-0.15, -0.1) is 0 Å². The van der Waals surface area contributed by atoms with E-state index in [-0.39, 0.29) is 11.9 Å². The normalized spacial score (nSPS) is 17.6. The second kappa shape index (κ2) is 9.88. The van der Waals surface area contributed by atoms with Gasteiger partial charge >= 0.3 is 0 Å². The maximum atomic E-state index is 13.3. The zero-order valence-corrected chi connectivity index (χ0v) is 18.2. The number of aryl methyl sites for hydroxylation is 1. The predicted octanol–water partition coefficient (Wildman–Crippen LogP) is 4.19. The summed E-state index contributed by atoms with van der Waals surface area (Å²) in [6, 6.07) is 12.4. The van der Waals surface area contributed by atoms with Crippen molar-refractivity contribution < 1.29 is 4.79 Å². The van der Waals surface area contributed by atoms with Crippen LogP contribution in [-0.2, 0) is 6.54 Å². The molecule has 0 bridgehead atoms. The van der Waals surface area contributed by atoms with Crippen molar-refractivity contribution in [3.05, 3.63) is 59.3 Å². The van der Waals surface area contributed by atoms with Crippen molar-refractivity contribution in [3.63, 3.8) is 0 Å². The van der Waals surface area contributed by atoms with Gasteiger partial charge in [0, 0.05) is 45.0 Å². The van der Waals surface area contributed by atoms with Crippen LogP contribution in [0.25, 0.3) is 0 Å². The number of amides is 1. The van der Waals surface area contributed by atoms with Crippen LogP contribution in [0.4, 0.5) is 5.82 Å². The smallest absolute Gasteiger partial charge is 0.257 e. The summed E-state index contributed by atoms with van der Waals surface area (Å²) in [5.41, 5.74) is 3.37. The number of carbonyl (C=O) groups is 1. The van der Waals surface area contributed by atoms with Crippen LogP contribution in [0, 0.1) is 12.8 Å². The van der Waals surface area contributed by atoms with Gasteiger partial charge in [0.2, 0.25) is 0 Å². The van der Waals surface area contributed by atoms with Gasteiger partial charge in [-0.3, -0.25) is 9.69 Å². The minimum Gasteiger partial charge on any atom is -0.369 e. The number of aromatic nitrogens is 1. The first-order chi connectivity index (χ1) is 14.0. The number of nitrogens with one attached hydrogen (secondary N) is 1. The molecule has 5 nitrogen and oxygen atoms in total. The third-order valence-corrected chi connectivity index (χ3v) is 5.68. The molecule has 1 saturated heterocycles. The Bertz CT molecular complexity index is 820. The molecular formula is C24H34N4O. The van der Waals surface area contributed by atoms with Gasteiger partial charge in [-0.1, -0.05) is 38.1 Å². The minimum atomic E-state index is 0.0770. The van der Waals surface area contributed by atoms with Crippen molar-refractivity contribution in [2.24, 2.45) is 5.92 Å². The van der Waals surface area contributed by atoms with E-state index in [1.165, 1.54) is 11.1 Å². The Hall–Kier alpha value is -2.40. The number of hydrogen-bond acceptors (Lipinski definition) is 4. The number of carbonyl (C=O) groups excluding carboxylic acids is 1. The molecule has 156 valence electrons. The monoisotopic (exact) mass is 394 g/mol. The Morgan fingerprint density at radius 2 is 2.00 bits per heavy atom. The van der Waals surface area contributed by atoms with Gasteiger partial charge in [0.25, 0.3) is 5.91 Å². The maximum absolute atomic E-state index is 13.3. The summed E-state index contributed by atoms with van der Waals surface area (Å²) < 4.78 is 0. The van der Waals surface area contributed by atoms with E-state index in [0.29, 0.717) is 17.3 Å². The molecule has 1 amide bonds. The second-order valence-corrected chi connectivity index (χ2v) is 8.52. The molecule has 0 unspecified atom stereocenters. The summed E-state index contributed by atoms with van der Waals surface area (Å²) in [6.07, 6.45) is 2.80. The van der Waals surface area contributed by atoms with Crippen molar-refractivity contribution in [1.29, 1.82) is 0 Å². The van der Waals surface area contributed by atoms with Crippen LogP contribution in [0.3, 0.4) is 0 Å². The summed E-state index contributed by atoms with van der Waals surface area (Å²) in [4.78, 5) is 22.1. The lowest BCUT2D eigenvalue weighted by Gasteiger charge is -2.40. The summed E-state index contributed by atoms with van der Waals surface area (Å²) in [7, 11) is 0. The Kier molecular flexibility index (Phi) is 7.26. The highest BCUT2D eigenvalue weighted by molar-refractivity contribution is 5.99. The van der Waals surface area contributed by atoms with Gasteiger partial charge in [-0.2, -0.15) is 0 Å². The summed E-state index contributed by atoms with van der Waals surface area (Å²) in [5, 5.41) is 3.36. The lowest BCUT2D eigenvalue weighted by atomic mass is 10.1. The summed E-state index contributed by atoms with van der Waals surface area (Å²) >= 11 is 0. The van der Waals surface area contributed by atoms with E-state index >= 15 is 0 Å². The third-order valence-electron chi connectivity index (χ3n) is 5.68. The standard InChI is InChI=1S/C24H34N4O/c1-18(2)11-13-26-23-22(10-7-12-25-23)24(29)28-15-14-27(16-20(28)4)17-21-9-6-5-8-19(21)3/h5-10,12,18,20H,11,13-17H2,1-4H3,(H,25,26)/t20-/m0/s1.